The highest BCUT2D eigenvalue weighted by Gasteiger charge is 2.20. The molecule has 0 atom stereocenters. The third-order valence-corrected chi connectivity index (χ3v) is 3.55. The molecule has 0 radical (unpaired) electrons. The standard InChI is InChI=1S/C17H25N5O.HI/c1-5-18-16(19-11-15-21-13(2)23-22-15)20-12-17(3,4)14-9-7-6-8-10-14;/h6-10H,5,11-12H2,1-4H3,(H2,18,19,20);1H. The lowest BCUT2D eigenvalue weighted by Gasteiger charge is -2.26. The highest BCUT2D eigenvalue weighted by atomic mass is 127. The monoisotopic (exact) mass is 443 g/mol. The Hall–Kier alpha value is -1.64. The van der Waals surface area contributed by atoms with Gasteiger partial charge in [0, 0.05) is 25.4 Å². The van der Waals surface area contributed by atoms with Gasteiger partial charge in [-0.2, -0.15) is 4.98 Å². The Morgan fingerprint density at radius 3 is 2.50 bits per heavy atom. The third-order valence-electron chi connectivity index (χ3n) is 3.55. The normalized spacial score (nSPS) is 11.8. The number of hydrogen-bond donors (Lipinski definition) is 2. The van der Waals surface area contributed by atoms with Gasteiger partial charge in [-0.05, 0) is 12.5 Å². The number of hydrogen-bond acceptors (Lipinski definition) is 4. The summed E-state index contributed by atoms with van der Waals surface area (Å²) < 4.78 is 4.96. The third kappa shape index (κ3) is 6.10. The van der Waals surface area contributed by atoms with Crippen LogP contribution in [0.4, 0.5) is 0 Å². The quantitative estimate of drug-likeness (QED) is 0.408. The summed E-state index contributed by atoms with van der Waals surface area (Å²) in [6.45, 7) is 10.2. The summed E-state index contributed by atoms with van der Waals surface area (Å²) in [4.78, 5) is 8.66. The Kier molecular flexibility index (Phi) is 8.17. The van der Waals surface area contributed by atoms with E-state index in [4.69, 9.17) is 4.52 Å². The second-order valence-corrected chi connectivity index (χ2v) is 6.03. The second kappa shape index (κ2) is 9.61. The van der Waals surface area contributed by atoms with Crippen LogP contribution in [0.25, 0.3) is 0 Å². The Morgan fingerprint density at radius 2 is 1.92 bits per heavy atom. The molecule has 7 heteroatoms. The Bertz CT molecular complexity index is 639. The summed E-state index contributed by atoms with van der Waals surface area (Å²) in [5.74, 6) is 1.89. The maximum Gasteiger partial charge on any atom is 0.223 e. The topological polar surface area (TPSA) is 75.3 Å². The Morgan fingerprint density at radius 1 is 1.21 bits per heavy atom. The van der Waals surface area contributed by atoms with Crippen LogP contribution in [0.2, 0.25) is 0 Å². The maximum absolute atomic E-state index is 4.96. The van der Waals surface area contributed by atoms with Crippen molar-refractivity contribution in [3.05, 3.63) is 47.6 Å². The highest BCUT2D eigenvalue weighted by molar-refractivity contribution is 14.0. The van der Waals surface area contributed by atoms with E-state index in [1.54, 1.807) is 6.92 Å². The van der Waals surface area contributed by atoms with Crippen molar-refractivity contribution in [3.63, 3.8) is 0 Å². The van der Waals surface area contributed by atoms with E-state index < -0.39 is 0 Å². The van der Waals surface area contributed by atoms with Crippen LogP contribution < -0.4 is 10.6 Å². The first-order valence-electron chi connectivity index (χ1n) is 7.88. The fourth-order valence-corrected chi connectivity index (χ4v) is 2.19. The number of aromatic nitrogens is 2. The number of rotatable bonds is 6. The lowest BCUT2D eigenvalue weighted by Crippen LogP contribution is -2.43. The Balaban J connectivity index is 0.00000288. The predicted octanol–water partition coefficient (Wildman–Crippen LogP) is 3.03. The minimum atomic E-state index is 0. The van der Waals surface area contributed by atoms with E-state index in [-0.39, 0.29) is 29.4 Å². The fraction of sp³-hybridized carbons (Fsp3) is 0.471. The van der Waals surface area contributed by atoms with E-state index in [9.17, 15) is 0 Å². The van der Waals surface area contributed by atoms with E-state index >= 15 is 0 Å². The molecule has 1 aromatic heterocycles. The first kappa shape index (κ1) is 20.4. The number of aryl methyl sites for hydroxylation is 1. The van der Waals surface area contributed by atoms with Crippen LogP contribution in [0.5, 0.6) is 0 Å². The number of aliphatic imine (C=N–C) groups is 1. The molecule has 0 fully saturated rings. The van der Waals surface area contributed by atoms with E-state index in [1.807, 2.05) is 13.0 Å². The summed E-state index contributed by atoms with van der Waals surface area (Å²) in [6, 6.07) is 10.5. The summed E-state index contributed by atoms with van der Waals surface area (Å²) in [6.07, 6.45) is 0. The van der Waals surface area contributed by atoms with Gasteiger partial charge in [-0.3, -0.25) is 0 Å². The zero-order valence-corrected chi connectivity index (χ0v) is 17.0. The summed E-state index contributed by atoms with van der Waals surface area (Å²) in [5.41, 5.74) is 1.29. The number of nitrogens with one attached hydrogen (secondary N) is 2. The molecule has 0 amide bonds. The molecule has 0 unspecified atom stereocenters. The van der Waals surface area contributed by atoms with Crippen molar-refractivity contribution < 1.29 is 4.52 Å². The van der Waals surface area contributed by atoms with Gasteiger partial charge in [-0.1, -0.05) is 49.3 Å². The molecular weight excluding hydrogens is 417 g/mol. The number of benzene rings is 1. The minimum Gasteiger partial charge on any atom is -0.357 e. The lowest BCUT2D eigenvalue weighted by atomic mass is 9.85. The van der Waals surface area contributed by atoms with Crippen LogP contribution in [-0.2, 0) is 12.0 Å². The highest BCUT2D eigenvalue weighted by Crippen LogP contribution is 2.21. The van der Waals surface area contributed by atoms with Crippen molar-refractivity contribution in [2.45, 2.75) is 39.7 Å². The molecule has 0 bridgehead atoms. The van der Waals surface area contributed by atoms with Crippen LogP contribution in [-0.4, -0.2) is 29.2 Å². The SMILES string of the molecule is CCNC(=NCc1noc(C)n1)NCC(C)(C)c1ccccc1.I. The van der Waals surface area contributed by atoms with Crippen LogP contribution in [0, 0.1) is 6.92 Å². The van der Waals surface area contributed by atoms with E-state index in [0.29, 0.717) is 18.3 Å². The van der Waals surface area contributed by atoms with E-state index in [1.165, 1.54) is 5.56 Å². The molecule has 0 spiro atoms. The van der Waals surface area contributed by atoms with Gasteiger partial charge in [-0.25, -0.2) is 4.99 Å². The van der Waals surface area contributed by atoms with Crippen molar-refractivity contribution in [1.82, 2.24) is 20.8 Å². The number of halogens is 1. The molecule has 0 saturated carbocycles. The van der Waals surface area contributed by atoms with Gasteiger partial charge in [0.2, 0.25) is 5.89 Å². The zero-order chi connectivity index (χ0) is 16.7. The van der Waals surface area contributed by atoms with E-state index in [0.717, 1.165) is 19.0 Å². The number of nitrogens with zero attached hydrogens (tertiary/aromatic N) is 3. The van der Waals surface area contributed by atoms with Gasteiger partial charge in [0.15, 0.2) is 11.8 Å². The molecule has 0 aliphatic rings. The van der Waals surface area contributed by atoms with Crippen molar-refractivity contribution in [2.24, 2.45) is 4.99 Å². The molecular formula is C17H26IN5O. The van der Waals surface area contributed by atoms with Gasteiger partial charge >= 0.3 is 0 Å². The van der Waals surface area contributed by atoms with E-state index in [2.05, 4.69) is 63.9 Å². The molecule has 2 aromatic rings. The van der Waals surface area contributed by atoms with Crippen molar-refractivity contribution >= 4 is 29.9 Å². The molecule has 0 aliphatic heterocycles. The molecule has 1 heterocycles. The smallest absolute Gasteiger partial charge is 0.223 e. The van der Waals surface area contributed by atoms with Crippen LogP contribution in [0.1, 0.15) is 38.0 Å². The molecule has 2 N–H and O–H groups in total. The van der Waals surface area contributed by atoms with Gasteiger partial charge in [0.25, 0.3) is 0 Å². The maximum atomic E-state index is 4.96. The average molecular weight is 443 g/mol. The van der Waals surface area contributed by atoms with Crippen molar-refractivity contribution in [2.75, 3.05) is 13.1 Å². The summed E-state index contributed by atoms with van der Waals surface area (Å²) in [7, 11) is 0. The largest absolute Gasteiger partial charge is 0.357 e. The summed E-state index contributed by atoms with van der Waals surface area (Å²) in [5, 5.41) is 10.5. The summed E-state index contributed by atoms with van der Waals surface area (Å²) >= 11 is 0. The molecule has 1 aromatic carbocycles. The lowest BCUT2D eigenvalue weighted by molar-refractivity contribution is 0.387. The fourth-order valence-electron chi connectivity index (χ4n) is 2.19. The second-order valence-electron chi connectivity index (χ2n) is 6.03. The van der Waals surface area contributed by atoms with Gasteiger partial charge in [0.05, 0.1) is 0 Å². The van der Waals surface area contributed by atoms with Crippen molar-refractivity contribution in [1.29, 1.82) is 0 Å². The zero-order valence-electron chi connectivity index (χ0n) is 14.7. The van der Waals surface area contributed by atoms with Gasteiger partial charge in [0.1, 0.15) is 6.54 Å². The van der Waals surface area contributed by atoms with Crippen LogP contribution >= 0.6 is 24.0 Å². The molecule has 24 heavy (non-hydrogen) atoms. The molecule has 0 aliphatic carbocycles. The Labute approximate surface area is 160 Å². The van der Waals surface area contributed by atoms with Gasteiger partial charge in [-0.15, -0.1) is 24.0 Å². The average Bonchev–Trinajstić information content (AvgIpc) is 2.96. The molecule has 6 nitrogen and oxygen atoms in total. The molecule has 0 saturated heterocycles. The van der Waals surface area contributed by atoms with Gasteiger partial charge < -0.3 is 15.2 Å². The molecule has 132 valence electrons. The minimum absolute atomic E-state index is 0. The first-order valence-corrected chi connectivity index (χ1v) is 7.88. The predicted molar refractivity (Wildman–Crippen MR) is 107 cm³/mol. The first-order chi connectivity index (χ1) is 11.0. The number of guanidine groups is 1. The van der Waals surface area contributed by atoms with Crippen LogP contribution in [0.15, 0.2) is 39.8 Å². The van der Waals surface area contributed by atoms with Crippen LogP contribution in [0.3, 0.4) is 0 Å². The molecule has 2 rings (SSSR count). The van der Waals surface area contributed by atoms with Crippen molar-refractivity contribution in [3.8, 4) is 0 Å².